The summed E-state index contributed by atoms with van der Waals surface area (Å²) in [6.07, 6.45) is 6.09. The Labute approximate surface area is 82.6 Å². The molecule has 0 bridgehead atoms. The van der Waals surface area contributed by atoms with Crippen molar-refractivity contribution in [2.24, 2.45) is 0 Å². The Bertz CT molecular complexity index is 368. The van der Waals surface area contributed by atoms with E-state index in [0.29, 0.717) is 5.69 Å². The van der Waals surface area contributed by atoms with E-state index in [-0.39, 0.29) is 5.97 Å². The molecule has 0 saturated carbocycles. The van der Waals surface area contributed by atoms with Crippen molar-refractivity contribution in [1.29, 1.82) is 0 Å². The largest absolute Gasteiger partial charge is 0.464 e. The van der Waals surface area contributed by atoms with Crippen molar-refractivity contribution >= 4 is 5.97 Å². The summed E-state index contributed by atoms with van der Waals surface area (Å²) in [5.74, 6) is 5.38. The highest BCUT2D eigenvalue weighted by Gasteiger charge is 2.22. The zero-order valence-electron chi connectivity index (χ0n) is 8.25. The van der Waals surface area contributed by atoms with Gasteiger partial charge in [-0.25, -0.2) is 4.79 Å². The Balaban J connectivity index is 2.47. The summed E-state index contributed by atoms with van der Waals surface area (Å²) in [7, 11) is 1.38. The molecule has 0 spiro atoms. The van der Waals surface area contributed by atoms with Crippen LogP contribution >= 0.6 is 0 Å². The number of fused-ring (bicyclic) bond motifs is 1. The number of hydrogen-bond acceptors (Lipinski definition) is 3. The van der Waals surface area contributed by atoms with Crippen LogP contribution in [0, 0.1) is 0 Å². The number of aryl methyl sites for hydroxylation is 1. The van der Waals surface area contributed by atoms with Crippen LogP contribution < -0.4 is 5.84 Å². The third-order valence-electron chi connectivity index (χ3n) is 2.73. The molecular weight excluding hydrogens is 180 g/mol. The SMILES string of the molecule is COC(=O)c1c2c(cn1N)CCCC2. The minimum atomic E-state index is -0.337. The molecule has 0 radical (unpaired) electrons. The van der Waals surface area contributed by atoms with Crippen LogP contribution in [0.1, 0.15) is 34.5 Å². The Morgan fingerprint density at radius 1 is 1.50 bits per heavy atom. The first-order chi connectivity index (χ1) is 6.74. The molecule has 1 aliphatic carbocycles. The van der Waals surface area contributed by atoms with Gasteiger partial charge in [0.25, 0.3) is 0 Å². The van der Waals surface area contributed by atoms with Gasteiger partial charge in [-0.05, 0) is 36.8 Å². The second-order valence-corrected chi connectivity index (χ2v) is 3.59. The number of nitrogens with two attached hydrogens (primary N) is 1. The molecule has 2 N–H and O–H groups in total. The molecule has 2 rings (SSSR count). The van der Waals surface area contributed by atoms with Crippen LogP contribution in [0.2, 0.25) is 0 Å². The van der Waals surface area contributed by atoms with E-state index < -0.39 is 0 Å². The number of nitrogens with zero attached hydrogens (tertiary/aromatic N) is 1. The van der Waals surface area contributed by atoms with Crippen molar-refractivity contribution in [3.8, 4) is 0 Å². The van der Waals surface area contributed by atoms with E-state index in [1.54, 1.807) is 0 Å². The second-order valence-electron chi connectivity index (χ2n) is 3.59. The average Bonchev–Trinajstić information content (AvgIpc) is 2.53. The summed E-state index contributed by atoms with van der Waals surface area (Å²) in [4.78, 5) is 11.4. The first-order valence-corrected chi connectivity index (χ1v) is 4.80. The summed E-state index contributed by atoms with van der Waals surface area (Å²) in [6, 6.07) is 0. The maximum absolute atomic E-state index is 11.4. The first kappa shape index (κ1) is 9.12. The molecule has 0 amide bonds. The fourth-order valence-electron chi connectivity index (χ4n) is 2.06. The summed E-state index contributed by atoms with van der Waals surface area (Å²) in [6.45, 7) is 0. The van der Waals surface area contributed by atoms with E-state index >= 15 is 0 Å². The van der Waals surface area contributed by atoms with E-state index in [4.69, 9.17) is 10.6 Å². The van der Waals surface area contributed by atoms with Crippen molar-refractivity contribution in [3.05, 3.63) is 23.0 Å². The van der Waals surface area contributed by atoms with Crippen LogP contribution in [0.15, 0.2) is 6.20 Å². The van der Waals surface area contributed by atoms with Gasteiger partial charge in [-0.15, -0.1) is 0 Å². The third-order valence-corrected chi connectivity index (χ3v) is 2.73. The average molecular weight is 194 g/mol. The summed E-state index contributed by atoms with van der Waals surface area (Å²) in [5, 5.41) is 0. The molecule has 1 aromatic heterocycles. The molecule has 0 aromatic carbocycles. The van der Waals surface area contributed by atoms with E-state index in [0.717, 1.165) is 24.8 Å². The Kier molecular flexibility index (Phi) is 2.19. The van der Waals surface area contributed by atoms with Crippen LogP contribution in [0.5, 0.6) is 0 Å². The number of ether oxygens (including phenoxy) is 1. The molecule has 0 fully saturated rings. The predicted octanol–water partition coefficient (Wildman–Crippen LogP) is 0.867. The van der Waals surface area contributed by atoms with Crippen LogP contribution in [-0.4, -0.2) is 17.8 Å². The van der Waals surface area contributed by atoms with Crippen molar-refractivity contribution in [3.63, 3.8) is 0 Å². The van der Waals surface area contributed by atoms with E-state index in [1.165, 1.54) is 23.8 Å². The number of carbonyl (C=O) groups is 1. The lowest BCUT2D eigenvalue weighted by Gasteiger charge is -2.11. The zero-order chi connectivity index (χ0) is 10.1. The fraction of sp³-hybridized carbons (Fsp3) is 0.500. The smallest absolute Gasteiger partial charge is 0.356 e. The Hall–Kier alpha value is -1.45. The van der Waals surface area contributed by atoms with Crippen molar-refractivity contribution < 1.29 is 9.53 Å². The number of hydrogen-bond donors (Lipinski definition) is 1. The highest BCUT2D eigenvalue weighted by molar-refractivity contribution is 5.90. The van der Waals surface area contributed by atoms with E-state index in [2.05, 4.69) is 0 Å². The van der Waals surface area contributed by atoms with Gasteiger partial charge in [0.15, 0.2) is 5.69 Å². The van der Waals surface area contributed by atoms with Crippen LogP contribution in [0.4, 0.5) is 0 Å². The molecule has 76 valence electrons. The molecule has 1 aliphatic rings. The quantitative estimate of drug-likeness (QED) is 0.533. The lowest BCUT2D eigenvalue weighted by molar-refractivity contribution is 0.0589. The van der Waals surface area contributed by atoms with Crippen molar-refractivity contribution in [1.82, 2.24) is 4.68 Å². The standard InChI is InChI=1S/C10H14N2O2/c1-14-10(13)9-8-5-3-2-4-7(8)6-12(9)11/h6H,2-5,11H2,1H3. The van der Waals surface area contributed by atoms with Crippen molar-refractivity contribution in [2.75, 3.05) is 13.0 Å². The van der Waals surface area contributed by atoms with Crippen molar-refractivity contribution in [2.45, 2.75) is 25.7 Å². The summed E-state index contributed by atoms with van der Waals surface area (Å²) < 4.78 is 6.09. The number of aromatic nitrogens is 1. The van der Waals surface area contributed by atoms with Crippen LogP contribution in [-0.2, 0) is 17.6 Å². The highest BCUT2D eigenvalue weighted by Crippen LogP contribution is 2.25. The monoisotopic (exact) mass is 194 g/mol. The third kappa shape index (κ3) is 1.27. The topological polar surface area (TPSA) is 57.2 Å². The number of esters is 1. The Morgan fingerprint density at radius 2 is 2.21 bits per heavy atom. The van der Waals surface area contributed by atoms with Gasteiger partial charge >= 0.3 is 5.97 Å². The molecule has 0 atom stereocenters. The van der Waals surface area contributed by atoms with Gasteiger partial charge in [-0.3, -0.25) is 4.68 Å². The zero-order valence-corrected chi connectivity index (χ0v) is 8.25. The second kappa shape index (κ2) is 3.36. The van der Waals surface area contributed by atoms with Gasteiger partial charge in [0.2, 0.25) is 0 Å². The van der Waals surface area contributed by atoms with Gasteiger partial charge in [-0.2, -0.15) is 0 Å². The minimum absolute atomic E-state index is 0.337. The highest BCUT2D eigenvalue weighted by atomic mass is 16.5. The normalized spacial score (nSPS) is 14.9. The van der Waals surface area contributed by atoms with Gasteiger partial charge < -0.3 is 10.6 Å². The lowest BCUT2D eigenvalue weighted by atomic mass is 9.94. The number of methoxy groups -OCH3 is 1. The minimum Gasteiger partial charge on any atom is -0.464 e. The van der Waals surface area contributed by atoms with Gasteiger partial charge in [0.1, 0.15) is 0 Å². The van der Waals surface area contributed by atoms with E-state index in [9.17, 15) is 4.79 Å². The number of nitrogen functional groups attached to an aromatic ring is 1. The van der Waals surface area contributed by atoms with Gasteiger partial charge in [-0.1, -0.05) is 0 Å². The molecule has 0 saturated heterocycles. The lowest BCUT2D eigenvalue weighted by Crippen LogP contribution is -2.18. The van der Waals surface area contributed by atoms with E-state index in [1.807, 2.05) is 6.20 Å². The molecular formula is C10H14N2O2. The number of carbonyl (C=O) groups excluding carboxylic acids is 1. The van der Waals surface area contributed by atoms with Crippen LogP contribution in [0.25, 0.3) is 0 Å². The maximum Gasteiger partial charge on any atom is 0.356 e. The first-order valence-electron chi connectivity index (χ1n) is 4.80. The molecule has 4 heteroatoms. The predicted molar refractivity (Wildman–Crippen MR) is 52.6 cm³/mol. The summed E-state index contributed by atoms with van der Waals surface area (Å²) >= 11 is 0. The van der Waals surface area contributed by atoms with Gasteiger partial charge in [0, 0.05) is 6.20 Å². The fourth-order valence-corrected chi connectivity index (χ4v) is 2.06. The molecule has 0 unspecified atom stereocenters. The number of rotatable bonds is 1. The molecule has 1 aromatic rings. The molecule has 4 nitrogen and oxygen atoms in total. The van der Waals surface area contributed by atoms with Crippen LogP contribution in [0.3, 0.4) is 0 Å². The molecule has 1 heterocycles. The summed E-state index contributed by atoms with van der Waals surface area (Å²) in [5.41, 5.74) is 2.78. The van der Waals surface area contributed by atoms with Gasteiger partial charge in [0.05, 0.1) is 7.11 Å². The Morgan fingerprint density at radius 3 is 2.93 bits per heavy atom. The molecule has 14 heavy (non-hydrogen) atoms. The molecule has 0 aliphatic heterocycles. The maximum atomic E-state index is 11.4.